The van der Waals surface area contributed by atoms with Crippen molar-refractivity contribution in [2.45, 2.75) is 13.3 Å². The summed E-state index contributed by atoms with van der Waals surface area (Å²) in [6, 6.07) is 17.5. The molecule has 0 aliphatic heterocycles. The van der Waals surface area contributed by atoms with Crippen molar-refractivity contribution in [1.29, 1.82) is 0 Å². The van der Waals surface area contributed by atoms with Crippen molar-refractivity contribution in [3.63, 3.8) is 0 Å². The lowest BCUT2D eigenvalue weighted by atomic mass is 10.1. The summed E-state index contributed by atoms with van der Waals surface area (Å²) in [7, 11) is 1.64. The van der Waals surface area contributed by atoms with Gasteiger partial charge in [-0.15, -0.1) is 0 Å². The van der Waals surface area contributed by atoms with Gasteiger partial charge in [0.2, 0.25) is 5.91 Å². The highest BCUT2D eigenvalue weighted by molar-refractivity contribution is 5.95. The van der Waals surface area contributed by atoms with Gasteiger partial charge in [0.15, 0.2) is 0 Å². The number of hydrogen-bond donors (Lipinski definition) is 3. The van der Waals surface area contributed by atoms with Gasteiger partial charge >= 0.3 is 0 Å². The fourth-order valence-corrected chi connectivity index (χ4v) is 3.25. The molecule has 6 heteroatoms. The van der Waals surface area contributed by atoms with Gasteiger partial charge in [0.1, 0.15) is 11.6 Å². The third kappa shape index (κ3) is 4.21. The zero-order valence-corrected chi connectivity index (χ0v) is 16.3. The topological polar surface area (TPSA) is 79.0 Å². The van der Waals surface area contributed by atoms with Gasteiger partial charge in [0.25, 0.3) is 0 Å². The van der Waals surface area contributed by atoms with E-state index in [9.17, 15) is 4.79 Å². The number of H-pyrrole nitrogens is 1. The fourth-order valence-electron chi connectivity index (χ4n) is 3.25. The van der Waals surface area contributed by atoms with Crippen LogP contribution in [0.1, 0.15) is 11.1 Å². The Morgan fingerprint density at radius 3 is 2.79 bits per heavy atom. The molecule has 0 saturated heterocycles. The maximum Gasteiger partial charge on any atom is 0.230 e. The number of hydrogen-bond acceptors (Lipinski definition) is 4. The molecule has 0 atom stereocenters. The highest BCUT2D eigenvalue weighted by Gasteiger charge is 2.10. The number of aryl methyl sites for hydroxylation is 1. The molecule has 0 unspecified atom stereocenters. The maximum absolute atomic E-state index is 12.4. The average Bonchev–Trinajstić information content (AvgIpc) is 3.12. The number of rotatable bonds is 6. The molecule has 2 aromatic heterocycles. The molecule has 3 N–H and O–H groups in total. The molecule has 4 rings (SSSR count). The van der Waals surface area contributed by atoms with Gasteiger partial charge in [0, 0.05) is 17.1 Å². The molecule has 0 spiro atoms. The van der Waals surface area contributed by atoms with E-state index in [1.54, 1.807) is 19.4 Å². The van der Waals surface area contributed by atoms with Crippen LogP contribution in [-0.4, -0.2) is 23.0 Å². The first-order chi connectivity index (χ1) is 14.1. The van der Waals surface area contributed by atoms with Crippen LogP contribution in [0.15, 0.2) is 67.0 Å². The highest BCUT2D eigenvalue weighted by atomic mass is 16.5. The van der Waals surface area contributed by atoms with Crippen molar-refractivity contribution in [1.82, 2.24) is 9.97 Å². The van der Waals surface area contributed by atoms with Crippen LogP contribution < -0.4 is 15.4 Å². The molecule has 1 amide bonds. The second kappa shape index (κ2) is 8.06. The lowest BCUT2D eigenvalue weighted by Gasteiger charge is -2.12. The number of carbonyl (C=O) groups excluding carboxylic acids is 1. The number of amides is 1. The van der Waals surface area contributed by atoms with Gasteiger partial charge in [-0.2, -0.15) is 0 Å². The summed E-state index contributed by atoms with van der Waals surface area (Å²) in [5, 5.41) is 7.21. The summed E-state index contributed by atoms with van der Waals surface area (Å²) in [5.41, 5.74) is 4.79. The minimum absolute atomic E-state index is 0.108. The molecule has 0 aliphatic rings. The number of benzene rings is 2. The second-order valence-corrected chi connectivity index (χ2v) is 6.85. The molecule has 0 aliphatic carbocycles. The van der Waals surface area contributed by atoms with Crippen LogP contribution in [0.25, 0.3) is 10.9 Å². The summed E-state index contributed by atoms with van der Waals surface area (Å²) in [6.45, 7) is 2.02. The first-order valence-electron chi connectivity index (χ1n) is 9.35. The minimum atomic E-state index is -0.108. The number of fused-ring (bicyclic) bond motifs is 1. The van der Waals surface area contributed by atoms with Gasteiger partial charge in [-0.3, -0.25) is 4.79 Å². The summed E-state index contributed by atoms with van der Waals surface area (Å²) in [6.07, 6.45) is 3.84. The molecule has 29 heavy (non-hydrogen) atoms. The van der Waals surface area contributed by atoms with E-state index in [4.69, 9.17) is 4.74 Å². The smallest absolute Gasteiger partial charge is 0.230 e. The molecule has 6 nitrogen and oxygen atoms in total. The van der Waals surface area contributed by atoms with Crippen molar-refractivity contribution in [3.05, 3.63) is 78.1 Å². The van der Waals surface area contributed by atoms with E-state index >= 15 is 0 Å². The minimum Gasteiger partial charge on any atom is -0.495 e. The molecular formula is C23H22N4O2. The van der Waals surface area contributed by atoms with Crippen LogP contribution in [0, 0.1) is 6.92 Å². The van der Waals surface area contributed by atoms with E-state index in [1.807, 2.05) is 61.7 Å². The maximum atomic E-state index is 12.4. The summed E-state index contributed by atoms with van der Waals surface area (Å²) < 4.78 is 5.39. The van der Waals surface area contributed by atoms with Gasteiger partial charge in [-0.1, -0.05) is 24.3 Å². The number of ether oxygens (including phenoxy) is 1. The first-order valence-corrected chi connectivity index (χ1v) is 9.35. The number of nitrogens with zero attached hydrogens (tertiary/aromatic N) is 1. The molecule has 146 valence electrons. The largest absolute Gasteiger partial charge is 0.495 e. The van der Waals surface area contributed by atoms with Crippen molar-refractivity contribution in [3.8, 4) is 5.75 Å². The Morgan fingerprint density at radius 2 is 2.00 bits per heavy atom. The Balaban J connectivity index is 1.42. The molecule has 0 saturated carbocycles. The van der Waals surface area contributed by atoms with E-state index in [1.165, 1.54) is 0 Å². The third-order valence-corrected chi connectivity index (χ3v) is 4.69. The van der Waals surface area contributed by atoms with E-state index in [2.05, 4.69) is 20.6 Å². The van der Waals surface area contributed by atoms with E-state index in [0.717, 1.165) is 39.2 Å². The van der Waals surface area contributed by atoms with Crippen LogP contribution in [0.2, 0.25) is 0 Å². The number of anilines is 3. The Bertz CT molecular complexity index is 1150. The number of para-hydroxylation sites is 1. The summed E-state index contributed by atoms with van der Waals surface area (Å²) in [5.74, 6) is 1.16. The van der Waals surface area contributed by atoms with Gasteiger partial charge < -0.3 is 20.4 Å². The Morgan fingerprint density at radius 1 is 1.14 bits per heavy atom. The molecular weight excluding hydrogens is 364 g/mol. The molecule has 2 aromatic carbocycles. The Kier molecular flexibility index (Phi) is 5.16. The molecule has 2 heterocycles. The average molecular weight is 386 g/mol. The predicted molar refractivity (Wildman–Crippen MR) is 116 cm³/mol. The van der Waals surface area contributed by atoms with Crippen molar-refractivity contribution in [2.24, 2.45) is 0 Å². The first kappa shape index (κ1) is 18.6. The Hall–Kier alpha value is -3.80. The monoisotopic (exact) mass is 386 g/mol. The van der Waals surface area contributed by atoms with Crippen molar-refractivity contribution in [2.75, 3.05) is 17.7 Å². The highest BCUT2D eigenvalue weighted by Crippen LogP contribution is 2.28. The molecule has 4 aromatic rings. The fraction of sp³-hybridized carbons (Fsp3) is 0.130. The van der Waals surface area contributed by atoms with Crippen molar-refractivity contribution >= 4 is 34.0 Å². The van der Waals surface area contributed by atoms with Crippen molar-refractivity contribution < 1.29 is 9.53 Å². The quantitative estimate of drug-likeness (QED) is 0.444. The number of aromatic amines is 1. The molecule has 0 fully saturated rings. The Labute approximate surface area is 168 Å². The number of aromatic nitrogens is 2. The standard InChI is InChI=1S/C23H22N4O2/c1-15-7-9-21(29-2)20(11-15)26-17-8-10-22(25-14-17)27-23(28)12-16-13-24-19-6-4-3-5-18(16)19/h3-11,13-14,24,26H,12H2,1-2H3,(H,25,27,28). The van der Waals surface area contributed by atoms with E-state index in [0.29, 0.717) is 5.82 Å². The zero-order valence-electron chi connectivity index (χ0n) is 16.3. The molecule has 0 radical (unpaired) electrons. The number of nitrogens with one attached hydrogen (secondary N) is 3. The number of pyridine rings is 1. The SMILES string of the molecule is COc1ccc(C)cc1Nc1ccc(NC(=O)Cc2c[nH]c3ccccc23)nc1. The number of methoxy groups -OCH3 is 1. The van der Waals surface area contributed by atoms with Crippen LogP contribution >= 0.6 is 0 Å². The van der Waals surface area contributed by atoms with E-state index < -0.39 is 0 Å². The molecule has 0 bridgehead atoms. The predicted octanol–water partition coefficient (Wildman–Crippen LogP) is 4.80. The number of carbonyl (C=O) groups is 1. The lowest BCUT2D eigenvalue weighted by Crippen LogP contribution is -2.15. The zero-order chi connectivity index (χ0) is 20.2. The van der Waals surface area contributed by atoms with Crippen LogP contribution in [0.4, 0.5) is 17.2 Å². The summed E-state index contributed by atoms with van der Waals surface area (Å²) >= 11 is 0. The second-order valence-electron chi connectivity index (χ2n) is 6.85. The van der Waals surface area contributed by atoms with Crippen LogP contribution in [0.5, 0.6) is 5.75 Å². The third-order valence-electron chi connectivity index (χ3n) is 4.69. The van der Waals surface area contributed by atoms with Crippen LogP contribution in [0.3, 0.4) is 0 Å². The van der Waals surface area contributed by atoms with Crippen LogP contribution in [-0.2, 0) is 11.2 Å². The summed E-state index contributed by atoms with van der Waals surface area (Å²) in [4.78, 5) is 20.0. The van der Waals surface area contributed by atoms with Gasteiger partial charge in [-0.05, 0) is 48.4 Å². The lowest BCUT2D eigenvalue weighted by molar-refractivity contribution is -0.115. The normalized spacial score (nSPS) is 10.7. The van der Waals surface area contributed by atoms with E-state index in [-0.39, 0.29) is 12.3 Å². The van der Waals surface area contributed by atoms with Gasteiger partial charge in [-0.25, -0.2) is 4.98 Å². The van der Waals surface area contributed by atoms with Gasteiger partial charge in [0.05, 0.1) is 31.1 Å².